The molecule has 2 atom stereocenters. The van der Waals surface area contributed by atoms with Crippen molar-refractivity contribution >= 4 is 11.6 Å². The lowest BCUT2D eigenvalue weighted by Gasteiger charge is -2.23. The first-order chi connectivity index (χ1) is 12.2. The molecule has 3 fully saturated rings. The maximum absolute atomic E-state index is 14.0. The fourth-order valence-corrected chi connectivity index (χ4v) is 4.22. The summed E-state index contributed by atoms with van der Waals surface area (Å²) in [6, 6.07) is 5.24. The SMILES string of the molecule is Cc1cc(N2CC3CN(c4ncccc4F)CC3C2)nc(C2CC2)n1. The summed E-state index contributed by atoms with van der Waals surface area (Å²) in [4.78, 5) is 18.2. The third-order valence-electron chi connectivity index (χ3n) is 5.65. The van der Waals surface area contributed by atoms with Crippen molar-refractivity contribution in [3.63, 3.8) is 0 Å². The van der Waals surface area contributed by atoms with Crippen LogP contribution < -0.4 is 9.80 Å². The van der Waals surface area contributed by atoms with Crippen molar-refractivity contribution in [2.24, 2.45) is 11.8 Å². The Balaban J connectivity index is 1.32. The number of rotatable bonds is 3. The summed E-state index contributed by atoms with van der Waals surface area (Å²) in [5.41, 5.74) is 1.06. The fourth-order valence-electron chi connectivity index (χ4n) is 4.22. The molecule has 25 heavy (non-hydrogen) atoms. The maximum atomic E-state index is 14.0. The number of nitrogens with zero attached hydrogens (tertiary/aromatic N) is 5. The minimum atomic E-state index is -0.222. The van der Waals surface area contributed by atoms with E-state index in [1.165, 1.54) is 18.9 Å². The number of pyridine rings is 1. The van der Waals surface area contributed by atoms with Gasteiger partial charge in [-0.05, 0) is 31.9 Å². The Morgan fingerprint density at radius 1 is 1.04 bits per heavy atom. The topological polar surface area (TPSA) is 45.2 Å². The van der Waals surface area contributed by atoms with Gasteiger partial charge in [0, 0.05) is 61.9 Å². The van der Waals surface area contributed by atoms with E-state index in [0.29, 0.717) is 23.6 Å². The van der Waals surface area contributed by atoms with Crippen molar-refractivity contribution in [3.8, 4) is 0 Å². The first kappa shape index (κ1) is 15.0. The molecule has 5 rings (SSSR count). The Hall–Kier alpha value is -2.24. The number of anilines is 2. The largest absolute Gasteiger partial charge is 0.356 e. The molecule has 2 aliphatic heterocycles. The second-order valence-corrected chi connectivity index (χ2v) is 7.64. The molecule has 3 aliphatic rings. The third kappa shape index (κ3) is 2.73. The van der Waals surface area contributed by atoms with Gasteiger partial charge in [-0.1, -0.05) is 0 Å². The first-order valence-corrected chi connectivity index (χ1v) is 9.13. The number of hydrogen-bond acceptors (Lipinski definition) is 5. The molecule has 4 heterocycles. The molecule has 2 aromatic rings. The van der Waals surface area contributed by atoms with Crippen LogP contribution in [0.1, 0.15) is 30.3 Å². The van der Waals surface area contributed by atoms with Crippen molar-refractivity contribution in [2.45, 2.75) is 25.7 Å². The Bertz CT molecular complexity index is 792. The van der Waals surface area contributed by atoms with E-state index in [9.17, 15) is 4.39 Å². The Morgan fingerprint density at radius 3 is 2.44 bits per heavy atom. The van der Waals surface area contributed by atoms with Gasteiger partial charge in [0.05, 0.1) is 0 Å². The average molecular weight is 339 g/mol. The third-order valence-corrected chi connectivity index (χ3v) is 5.65. The normalized spacial score (nSPS) is 25.5. The van der Waals surface area contributed by atoms with E-state index < -0.39 is 0 Å². The van der Waals surface area contributed by atoms with Crippen LogP contribution in [0.3, 0.4) is 0 Å². The average Bonchev–Trinajstić information content (AvgIpc) is 3.26. The van der Waals surface area contributed by atoms with E-state index in [-0.39, 0.29) is 5.82 Å². The van der Waals surface area contributed by atoms with Crippen LogP contribution in [0.15, 0.2) is 24.4 Å². The lowest BCUT2D eigenvalue weighted by atomic mass is 10.0. The highest BCUT2D eigenvalue weighted by molar-refractivity contribution is 5.46. The monoisotopic (exact) mass is 339 g/mol. The van der Waals surface area contributed by atoms with Gasteiger partial charge in [-0.15, -0.1) is 0 Å². The van der Waals surface area contributed by atoms with Gasteiger partial charge in [-0.3, -0.25) is 0 Å². The molecule has 2 unspecified atom stereocenters. The van der Waals surface area contributed by atoms with E-state index >= 15 is 0 Å². The van der Waals surface area contributed by atoms with Crippen molar-refractivity contribution in [1.29, 1.82) is 0 Å². The number of halogens is 1. The molecule has 1 saturated carbocycles. The van der Waals surface area contributed by atoms with Crippen LogP contribution in [0.2, 0.25) is 0 Å². The summed E-state index contributed by atoms with van der Waals surface area (Å²) in [6.45, 7) is 5.76. The summed E-state index contributed by atoms with van der Waals surface area (Å²) < 4.78 is 14.0. The molecule has 0 bridgehead atoms. The molecule has 0 N–H and O–H groups in total. The predicted molar refractivity (Wildman–Crippen MR) is 94.3 cm³/mol. The van der Waals surface area contributed by atoms with Crippen LogP contribution in [0, 0.1) is 24.6 Å². The van der Waals surface area contributed by atoms with Crippen LogP contribution in [0.25, 0.3) is 0 Å². The van der Waals surface area contributed by atoms with Crippen molar-refractivity contribution in [1.82, 2.24) is 15.0 Å². The number of aromatic nitrogens is 3. The molecular formula is C19H22FN5. The quantitative estimate of drug-likeness (QED) is 0.860. The second kappa shape index (κ2) is 5.64. The van der Waals surface area contributed by atoms with Crippen molar-refractivity contribution in [3.05, 3.63) is 41.7 Å². The van der Waals surface area contributed by atoms with E-state index in [2.05, 4.69) is 32.8 Å². The van der Waals surface area contributed by atoms with Crippen LogP contribution in [-0.4, -0.2) is 41.1 Å². The lowest BCUT2D eigenvalue weighted by Crippen LogP contribution is -2.30. The second-order valence-electron chi connectivity index (χ2n) is 7.64. The highest BCUT2D eigenvalue weighted by Crippen LogP contribution is 2.40. The van der Waals surface area contributed by atoms with Crippen molar-refractivity contribution in [2.75, 3.05) is 36.0 Å². The molecule has 6 heteroatoms. The molecule has 0 amide bonds. The van der Waals surface area contributed by atoms with Gasteiger partial charge in [-0.25, -0.2) is 19.3 Å². The minimum Gasteiger partial charge on any atom is -0.356 e. The van der Waals surface area contributed by atoms with E-state index in [1.807, 2.05) is 0 Å². The van der Waals surface area contributed by atoms with Crippen LogP contribution >= 0.6 is 0 Å². The predicted octanol–water partition coefficient (Wildman–Crippen LogP) is 2.77. The van der Waals surface area contributed by atoms with Gasteiger partial charge in [0.2, 0.25) is 0 Å². The van der Waals surface area contributed by atoms with E-state index in [4.69, 9.17) is 4.98 Å². The van der Waals surface area contributed by atoms with Gasteiger partial charge in [0.1, 0.15) is 11.6 Å². The molecule has 0 spiro atoms. The summed E-state index contributed by atoms with van der Waals surface area (Å²) in [7, 11) is 0. The molecule has 130 valence electrons. The Labute approximate surface area is 146 Å². The molecule has 2 saturated heterocycles. The van der Waals surface area contributed by atoms with Gasteiger partial charge in [0.15, 0.2) is 11.6 Å². The summed E-state index contributed by atoms with van der Waals surface area (Å²) in [6.07, 6.45) is 4.11. The van der Waals surface area contributed by atoms with Crippen LogP contribution in [0.5, 0.6) is 0 Å². The molecule has 2 aromatic heterocycles. The highest BCUT2D eigenvalue weighted by Gasteiger charge is 2.41. The van der Waals surface area contributed by atoms with Gasteiger partial charge >= 0.3 is 0 Å². The van der Waals surface area contributed by atoms with Crippen molar-refractivity contribution < 1.29 is 4.39 Å². The van der Waals surface area contributed by atoms with Gasteiger partial charge in [-0.2, -0.15) is 0 Å². The fraction of sp³-hybridized carbons (Fsp3) is 0.526. The Kier molecular flexibility index (Phi) is 3.40. The first-order valence-electron chi connectivity index (χ1n) is 9.13. The number of hydrogen-bond donors (Lipinski definition) is 0. The smallest absolute Gasteiger partial charge is 0.165 e. The standard InChI is InChI=1S/C19H22FN5/c1-12-7-17(23-18(22-12)13-4-5-13)24-8-14-10-25(11-15(14)9-24)19-16(20)3-2-6-21-19/h2-3,6-7,13-15H,4-5,8-11H2,1H3. The summed E-state index contributed by atoms with van der Waals surface area (Å²) in [5, 5.41) is 0. The highest BCUT2D eigenvalue weighted by atomic mass is 19.1. The van der Waals surface area contributed by atoms with E-state index in [0.717, 1.165) is 43.5 Å². The molecule has 1 aliphatic carbocycles. The summed E-state index contributed by atoms with van der Waals surface area (Å²) in [5.74, 6) is 4.02. The maximum Gasteiger partial charge on any atom is 0.165 e. The lowest BCUT2D eigenvalue weighted by molar-refractivity contribution is 0.533. The molecule has 0 aromatic carbocycles. The number of fused-ring (bicyclic) bond motifs is 1. The zero-order valence-corrected chi connectivity index (χ0v) is 14.4. The molecule has 5 nitrogen and oxygen atoms in total. The van der Waals surface area contributed by atoms with Gasteiger partial charge < -0.3 is 9.80 Å². The number of aryl methyl sites for hydroxylation is 1. The van der Waals surface area contributed by atoms with Crippen LogP contribution in [0.4, 0.5) is 16.0 Å². The minimum absolute atomic E-state index is 0.222. The zero-order chi connectivity index (χ0) is 17.0. The summed E-state index contributed by atoms with van der Waals surface area (Å²) >= 11 is 0. The van der Waals surface area contributed by atoms with Crippen LogP contribution in [-0.2, 0) is 0 Å². The van der Waals surface area contributed by atoms with E-state index in [1.54, 1.807) is 12.3 Å². The van der Waals surface area contributed by atoms with Gasteiger partial charge in [0.25, 0.3) is 0 Å². The molecular weight excluding hydrogens is 317 g/mol. The molecule has 0 radical (unpaired) electrons. The Morgan fingerprint density at radius 2 is 1.76 bits per heavy atom. The zero-order valence-electron chi connectivity index (χ0n) is 14.4.